The summed E-state index contributed by atoms with van der Waals surface area (Å²) in [6.45, 7) is 0.698. The fraction of sp³-hybridized carbons (Fsp3) is 0.188. The Hall–Kier alpha value is -1.98. The first-order valence-electron chi connectivity index (χ1n) is 6.62. The van der Waals surface area contributed by atoms with Gasteiger partial charge in [0.25, 0.3) is 0 Å². The Labute approximate surface area is 132 Å². The summed E-state index contributed by atoms with van der Waals surface area (Å²) in [6, 6.07) is 10.6. The zero-order chi connectivity index (χ0) is 16.1. The molecule has 2 aromatic rings. The van der Waals surface area contributed by atoms with Crippen LogP contribution in [0.5, 0.6) is 0 Å². The van der Waals surface area contributed by atoms with Crippen LogP contribution in [-0.2, 0) is 11.3 Å². The summed E-state index contributed by atoms with van der Waals surface area (Å²) in [5, 5.41) is 3.18. The maximum absolute atomic E-state index is 13.1. The van der Waals surface area contributed by atoms with Crippen LogP contribution in [0.3, 0.4) is 0 Å². The van der Waals surface area contributed by atoms with Crippen LogP contribution in [0, 0.1) is 11.6 Å². The van der Waals surface area contributed by atoms with Crippen molar-refractivity contribution < 1.29 is 13.6 Å². The molecule has 0 saturated carbocycles. The van der Waals surface area contributed by atoms with E-state index in [4.69, 9.17) is 11.6 Å². The number of likely N-dealkylation sites (N-methyl/N-ethyl adjacent to an activating group) is 1. The van der Waals surface area contributed by atoms with Crippen LogP contribution >= 0.6 is 11.6 Å². The van der Waals surface area contributed by atoms with Gasteiger partial charge in [-0.1, -0.05) is 23.7 Å². The number of benzene rings is 2. The molecule has 0 atom stereocenters. The molecule has 22 heavy (non-hydrogen) atoms. The maximum atomic E-state index is 13.1. The van der Waals surface area contributed by atoms with Gasteiger partial charge in [-0.2, -0.15) is 0 Å². The molecule has 0 radical (unpaired) electrons. The number of hydrogen-bond donors (Lipinski definition) is 1. The molecular formula is C16H15ClF2N2O. The van der Waals surface area contributed by atoms with Crippen molar-refractivity contribution >= 4 is 23.2 Å². The molecule has 0 heterocycles. The van der Waals surface area contributed by atoms with E-state index in [1.165, 1.54) is 6.07 Å². The molecule has 0 saturated heterocycles. The van der Waals surface area contributed by atoms with Crippen molar-refractivity contribution in [3.8, 4) is 0 Å². The third kappa shape index (κ3) is 4.79. The van der Waals surface area contributed by atoms with Crippen LogP contribution in [0.25, 0.3) is 0 Å². The van der Waals surface area contributed by atoms with Gasteiger partial charge in [-0.25, -0.2) is 8.78 Å². The van der Waals surface area contributed by atoms with Gasteiger partial charge in [-0.15, -0.1) is 0 Å². The average molecular weight is 325 g/mol. The highest BCUT2D eigenvalue weighted by Gasteiger charge is 2.09. The van der Waals surface area contributed by atoms with Gasteiger partial charge in [0.2, 0.25) is 5.91 Å². The van der Waals surface area contributed by atoms with E-state index in [0.717, 1.165) is 17.7 Å². The monoisotopic (exact) mass is 324 g/mol. The largest absolute Gasteiger partial charge is 0.325 e. The molecule has 0 aliphatic rings. The van der Waals surface area contributed by atoms with Crippen molar-refractivity contribution in [3.63, 3.8) is 0 Å². The minimum Gasteiger partial charge on any atom is -0.325 e. The van der Waals surface area contributed by atoms with Gasteiger partial charge in [0.05, 0.1) is 6.54 Å². The molecule has 3 nitrogen and oxygen atoms in total. The lowest BCUT2D eigenvalue weighted by atomic mass is 10.2. The first-order chi connectivity index (χ1) is 10.4. The highest BCUT2D eigenvalue weighted by atomic mass is 35.5. The van der Waals surface area contributed by atoms with Crippen molar-refractivity contribution in [1.82, 2.24) is 4.90 Å². The number of nitrogens with zero attached hydrogens (tertiary/aromatic N) is 1. The van der Waals surface area contributed by atoms with Gasteiger partial charge in [0, 0.05) is 23.3 Å². The SMILES string of the molecule is CN(CC(=O)Nc1ccc(F)c(F)c1)Cc1ccc(Cl)cc1. The van der Waals surface area contributed by atoms with Crippen molar-refractivity contribution in [2.24, 2.45) is 0 Å². The standard InChI is InChI=1S/C16H15ClF2N2O/c1-21(9-11-2-4-12(17)5-3-11)10-16(22)20-13-6-7-14(18)15(19)8-13/h2-8H,9-10H2,1H3,(H,20,22). The minimum atomic E-state index is -0.993. The van der Waals surface area contributed by atoms with Crippen molar-refractivity contribution in [2.45, 2.75) is 6.54 Å². The van der Waals surface area contributed by atoms with Crippen molar-refractivity contribution in [2.75, 3.05) is 18.9 Å². The zero-order valence-corrected chi connectivity index (χ0v) is 12.7. The molecule has 0 fully saturated rings. The predicted molar refractivity (Wildman–Crippen MR) is 82.8 cm³/mol. The molecule has 116 valence electrons. The van der Waals surface area contributed by atoms with Gasteiger partial charge >= 0.3 is 0 Å². The number of rotatable bonds is 5. The Kier molecular flexibility index (Phi) is 5.46. The maximum Gasteiger partial charge on any atom is 0.238 e. The van der Waals surface area contributed by atoms with Crippen LogP contribution in [0.2, 0.25) is 5.02 Å². The fourth-order valence-electron chi connectivity index (χ4n) is 1.98. The molecule has 0 spiro atoms. The molecular weight excluding hydrogens is 310 g/mol. The summed E-state index contributed by atoms with van der Waals surface area (Å²) in [6.07, 6.45) is 0. The molecule has 0 aliphatic carbocycles. The Bertz CT molecular complexity index is 662. The predicted octanol–water partition coefficient (Wildman–Crippen LogP) is 3.69. The highest BCUT2D eigenvalue weighted by molar-refractivity contribution is 6.30. The van der Waals surface area contributed by atoms with Crippen LogP contribution in [0.1, 0.15) is 5.56 Å². The smallest absolute Gasteiger partial charge is 0.238 e. The van der Waals surface area contributed by atoms with Crippen LogP contribution in [0.15, 0.2) is 42.5 Å². The van der Waals surface area contributed by atoms with E-state index >= 15 is 0 Å². The Balaban J connectivity index is 1.88. The molecule has 2 aromatic carbocycles. The third-order valence-corrected chi connectivity index (χ3v) is 3.23. The molecule has 2 rings (SSSR count). The van der Waals surface area contributed by atoms with Crippen LogP contribution in [0.4, 0.5) is 14.5 Å². The first-order valence-corrected chi connectivity index (χ1v) is 7.00. The van der Waals surface area contributed by atoms with Crippen LogP contribution < -0.4 is 5.32 Å². The average Bonchev–Trinajstić information content (AvgIpc) is 2.45. The van der Waals surface area contributed by atoms with Gasteiger partial charge in [0.1, 0.15) is 0 Å². The first kappa shape index (κ1) is 16.4. The zero-order valence-electron chi connectivity index (χ0n) is 11.9. The second-order valence-electron chi connectivity index (χ2n) is 4.98. The molecule has 1 amide bonds. The number of amides is 1. The summed E-state index contributed by atoms with van der Waals surface area (Å²) in [7, 11) is 1.79. The van der Waals surface area contributed by atoms with E-state index in [0.29, 0.717) is 11.6 Å². The van der Waals surface area contributed by atoms with E-state index in [2.05, 4.69) is 5.32 Å². The van der Waals surface area contributed by atoms with E-state index in [-0.39, 0.29) is 18.1 Å². The number of carbonyl (C=O) groups excluding carboxylic acids is 1. The topological polar surface area (TPSA) is 32.3 Å². The molecule has 0 bridgehead atoms. The quantitative estimate of drug-likeness (QED) is 0.909. The summed E-state index contributed by atoms with van der Waals surface area (Å²) in [4.78, 5) is 13.7. The van der Waals surface area contributed by atoms with Crippen molar-refractivity contribution in [1.29, 1.82) is 0 Å². The number of anilines is 1. The lowest BCUT2D eigenvalue weighted by Gasteiger charge is -2.16. The second kappa shape index (κ2) is 7.33. The number of halogens is 3. The lowest BCUT2D eigenvalue weighted by molar-refractivity contribution is -0.117. The summed E-state index contributed by atoms with van der Waals surface area (Å²) < 4.78 is 25.9. The number of nitrogens with one attached hydrogen (secondary N) is 1. The van der Waals surface area contributed by atoms with Crippen LogP contribution in [-0.4, -0.2) is 24.4 Å². The number of hydrogen-bond acceptors (Lipinski definition) is 2. The molecule has 0 unspecified atom stereocenters. The minimum absolute atomic E-state index is 0.127. The third-order valence-electron chi connectivity index (χ3n) is 2.98. The fourth-order valence-corrected chi connectivity index (χ4v) is 2.10. The summed E-state index contributed by atoms with van der Waals surface area (Å²) in [5.41, 5.74) is 1.25. The molecule has 0 aromatic heterocycles. The van der Waals surface area contributed by atoms with E-state index in [9.17, 15) is 13.6 Å². The number of carbonyl (C=O) groups is 1. The second-order valence-corrected chi connectivity index (χ2v) is 5.41. The Morgan fingerprint density at radius 3 is 2.45 bits per heavy atom. The van der Waals surface area contributed by atoms with Gasteiger partial charge in [0.15, 0.2) is 11.6 Å². The van der Waals surface area contributed by atoms with Gasteiger partial charge in [-0.05, 0) is 36.9 Å². The Morgan fingerprint density at radius 2 is 1.82 bits per heavy atom. The lowest BCUT2D eigenvalue weighted by Crippen LogP contribution is -2.29. The Morgan fingerprint density at radius 1 is 1.14 bits per heavy atom. The van der Waals surface area contributed by atoms with E-state index in [1.54, 1.807) is 24.1 Å². The van der Waals surface area contributed by atoms with Gasteiger partial charge in [-0.3, -0.25) is 9.69 Å². The molecule has 6 heteroatoms. The molecule has 0 aliphatic heterocycles. The van der Waals surface area contributed by atoms with E-state index in [1.807, 2.05) is 12.1 Å². The normalized spacial score (nSPS) is 10.8. The molecule has 1 N–H and O–H groups in total. The summed E-state index contributed by atoms with van der Waals surface area (Å²) >= 11 is 5.81. The van der Waals surface area contributed by atoms with E-state index < -0.39 is 11.6 Å². The van der Waals surface area contributed by atoms with Crippen molar-refractivity contribution in [3.05, 3.63) is 64.7 Å². The van der Waals surface area contributed by atoms with Gasteiger partial charge < -0.3 is 5.32 Å². The highest BCUT2D eigenvalue weighted by Crippen LogP contribution is 2.13. The summed E-state index contributed by atoms with van der Waals surface area (Å²) in [5.74, 6) is -2.24.